The number of fused-ring (bicyclic) bond motifs is 1. The number of ether oxygens (including phenoxy) is 1. The molecule has 0 aliphatic carbocycles. The Balaban J connectivity index is 1.69. The van der Waals surface area contributed by atoms with E-state index in [9.17, 15) is 9.18 Å². The van der Waals surface area contributed by atoms with E-state index in [0.29, 0.717) is 28.3 Å². The number of halogens is 1. The molecular formula is C25H29FN5O2+. The first-order valence-corrected chi connectivity index (χ1v) is 11.0. The number of carbonyl (C=O) groups excluding carboxylic acids is 1. The third-order valence-electron chi connectivity index (χ3n) is 5.93. The molecule has 33 heavy (non-hydrogen) atoms. The number of methoxy groups -OCH3 is 1. The van der Waals surface area contributed by atoms with Crippen LogP contribution in [0.15, 0.2) is 30.0 Å². The maximum absolute atomic E-state index is 14.4. The van der Waals surface area contributed by atoms with Crippen LogP contribution in [0, 0.1) is 12.7 Å². The Hall–Kier alpha value is -3.55. The number of allylic oxidation sites excluding steroid dienone is 1. The Labute approximate surface area is 192 Å². The molecule has 0 radical (unpaired) electrons. The van der Waals surface area contributed by atoms with E-state index in [1.165, 1.54) is 6.07 Å². The maximum atomic E-state index is 14.4. The van der Waals surface area contributed by atoms with Crippen LogP contribution in [0.2, 0.25) is 0 Å². The number of aryl methyl sites for hydroxylation is 2. The molecule has 4 rings (SSSR count). The molecule has 1 aliphatic heterocycles. The summed E-state index contributed by atoms with van der Waals surface area (Å²) >= 11 is 0. The lowest BCUT2D eigenvalue weighted by Gasteiger charge is -2.15. The first-order chi connectivity index (χ1) is 15.7. The van der Waals surface area contributed by atoms with E-state index in [-0.39, 0.29) is 17.6 Å². The summed E-state index contributed by atoms with van der Waals surface area (Å²) in [4.78, 5) is 22.2. The summed E-state index contributed by atoms with van der Waals surface area (Å²) in [5.74, 6) is 0.637. The van der Waals surface area contributed by atoms with E-state index in [0.717, 1.165) is 35.5 Å². The predicted octanol–water partition coefficient (Wildman–Crippen LogP) is 4.27. The third kappa shape index (κ3) is 4.37. The van der Waals surface area contributed by atoms with E-state index < -0.39 is 0 Å². The summed E-state index contributed by atoms with van der Waals surface area (Å²) in [6.45, 7) is 6.60. The molecule has 0 saturated carbocycles. The van der Waals surface area contributed by atoms with Gasteiger partial charge in [0, 0.05) is 24.4 Å². The first-order valence-electron chi connectivity index (χ1n) is 11.0. The van der Waals surface area contributed by atoms with Gasteiger partial charge >= 0.3 is 0 Å². The van der Waals surface area contributed by atoms with E-state index in [4.69, 9.17) is 4.74 Å². The largest absolute Gasteiger partial charge is 0.500 e. The highest BCUT2D eigenvalue weighted by molar-refractivity contribution is 6.10. The number of rotatable bonds is 5. The van der Waals surface area contributed by atoms with Crippen molar-refractivity contribution < 1.29 is 18.5 Å². The molecule has 7 nitrogen and oxygen atoms in total. The minimum absolute atomic E-state index is 0.0440. The highest BCUT2D eigenvalue weighted by atomic mass is 19.1. The second-order valence-electron chi connectivity index (χ2n) is 8.75. The molecule has 2 aromatic heterocycles. The van der Waals surface area contributed by atoms with Gasteiger partial charge in [-0.15, -0.1) is 0 Å². The van der Waals surface area contributed by atoms with Crippen molar-refractivity contribution >= 4 is 34.7 Å². The number of carbonyl (C=O) groups is 1. The summed E-state index contributed by atoms with van der Waals surface area (Å²) in [5, 5.41) is 2.87. The predicted molar refractivity (Wildman–Crippen MR) is 127 cm³/mol. The summed E-state index contributed by atoms with van der Waals surface area (Å²) in [6.07, 6.45) is 2.75. The van der Waals surface area contributed by atoms with Crippen molar-refractivity contribution in [1.82, 2.24) is 14.5 Å². The van der Waals surface area contributed by atoms with Gasteiger partial charge in [-0.25, -0.2) is 13.9 Å². The van der Waals surface area contributed by atoms with Gasteiger partial charge in [-0.3, -0.25) is 15.1 Å². The molecule has 1 N–H and O–H groups in total. The number of hydrogen-bond acceptors (Lipinski definition) is 4. The minimum atomic E-state index is -0.312. The standard InChI is InChI=1S/C25H28FN5O2/c1-14(2)17-11-22-21(12-19(17)26)28-25(31(22)5)29-24(32)16-9-15(3)27-20(10-16)18-13-30(4)8-7-23(18)33-6/h9-14H,7-8H2,1-6H3/p+1. The van der Waals surface area contributed by atoms with Crippen molar-refractivity contribution in [2.75, 3.05) is 26.0 Å². The average Bonchev–Trinajstić information content (AvgIpc) is 3.06. The summed E-state index contributed by atoms with van der Waals surface area (Å²) < 4.78 is 23.8. The maximum Gasteiger partial charge on any atom is 0.258 e. The Kier molecular flexibility index (Phi) is 6.01. The Bertz CT molecular complexity index is 1320. The molecule has 1 aromatic carbocycles. The Morgan fingerprint density at radius 2 is 2.00 bits per heavy atom. The van der Waals surface area contributed by atoms with Crippen molar-refractivity contribution in [3.63, 3.8) is 0 Å². The van der Waals surface area contributed by atoms with Crippen LogP contribution < -0.4 is 5.32 Å². The monoisotopic (exact) mass is 450 g/mol. The fourth-order valence-corrected chi connectivity index (χ4v) is 4.08. The SMILES string of the molecule is COC1=C(c2cc(C(=O)Nc3nc4cc(F)c(C(C)C)cc4n3C)cc(C)n2)C=[N+](C)CC1. The van der Waals surface area contributed by atoms with Crippen LogP contribution in [0.3, 0.4) is 0 Å². The summed E-state index contributed by atoms with van der Waals surface area (Å²) in [5.41, 5.74) is 4.60. The topological polar surface area (TPSA) is 72.0 Å². The number of benzene rings is 1. The van der Waals surface area contributed by atoms with E-state index in [2.05, 4.69) is 19.9 Å². The van der Waals surface area contributed by atoms with E-state index in [1.54, 1.807) is 36.9 Å². The normalized spacial score (nSPS) is 14.1. The van der Waals surface area contributed by atoms with Crippen molar-refractivity contribution in [2.45, 2.75) is 33.1 Å². The Morgan fingerprint density at radius 1 is 1.24 bits per heavy atom. The van der Waals surface area contributed by atoms with Gasteiger partial charge in [0.25, 0.3) is 5.91 Å². The lowest BCUT2D eigenvalue weighted by atomic mass is 10.0. The molecule has 3 heterocycles. The number of amides is 1. The number of pyridine rings is 1. The van der Waals surface area contributed by atoms with Crippen LogP contribution in [-0.4, -0.2) is 51.9 Å². The van der Waals surface area contributed by atoms with Gasteiger partial charge in [0.2, 0.25) is 5.95 Å². The third-order valence-corrected chi connectivity index (χ3v) is 5.93. The number of nitrogens with zero attached hydrogens (tertiary/aromatic N) is 4. The molecule has 0 fully saturated rings. The molecule has 0 saturated heterocycles. The minimum Gasteiger partial charge on any atom is -0.500 e. The van der Waals surface area contributed by atoms with Crippen LogP contribution in [0.1, 0.15) is 53.5 Å². The van der Waals surface area contributed by atoms with Crippen LogP contribution in [-0.2, 0) is 11.8 Å². The molecule has 0 atom stereocenters. The molecule has 172 valence electrons. The van der Waals surface area contributed by atoms with Crippen molar-refractivity contribution in [3.05, 3.63) is 58.4 Å². The summed E-state index contributed by atoms with van der Waals surface area (Å²) in [6, 6.07) is 6.70. The quantitative estimate of drug-likeness (QED) is 0.590. The molecule has 1 aliphatic rings. The van der Waals surface area contributed by atoms with Gasteiger partial charge in [-0.1, -0.05) is 13.8 Å². The van der Waals surface area contributed by atoms with Crippen LogP contribution in [0.25, 0.3) is 16.6 Å². The van der Waals surface area contributed by atoms with E-state index >= 15 is 0 Å². The van der Waals surface area contributed by atoms with Gasteiger partial charge in [-0.05, 0) is 36.6 Å². The molecule has 0 bridgehead atoms. The zero-order chi connectivity index (χ0) is 23.9. The van der Waals surface area contributed by atoms with Crippen LogP contribution in [0.4, 0.5) is 10.3 Å². The molecule has 0 unspecified atom stereocenters. The van der Waals surface area contributed by atoms with Gasteiger partial charge in [0.15, 0.2) is 6.21 Å². The fourth-order valence-electron chi connectivity index (χ4n) is 4.08. The molecule has 3 aromatic rings. The zero-order valence-corrected chi connectivity index (χ0v) is 19.9. The molecule has 8 heteroatoms. The lowest BCUT2D eigenvalue weighted by molar-refractivity contribution is -0.492. The molecule has 1 amide bonds. The lowest BCUT2D eigenvalue weighted by Crippen LogP contribution is -2.19. The average molecular weight is 451 g/mol. The van der Waals surface area contributed by atoms with Gasteiger partial charge in [-0.2, -0.15) is 0 Å². The molecular weight excluding hydrogens is 421 g/mol. The van der Waals surface area contributed by atoms with Crippen molar-refractivity contribution in [1.29, 1.82) is 0 Å². The van der Waals surface area contributed by atoms with E-state index in [1.807, 2.05) is 34.0 Å². The highest BCUT2D eigenvalue weighted by Crippen LogP contribution is 2.27. The van der Waals surface area contributed by atoms with Crippen LogP contribution >= 0.6 is 0 Å². The second kappa shape index (κ2) is 8.77. The van der Waals surface area contributed by atoms with Crippen molar-refractivity contribution in [2.24, 2.45) is 7.05 Å². The van der Waals surface area contributed by atoms with Gasteiger partial charge < -0.3 is 9.30 Å². The van der Waals surface area contributed by atoms with Gasteiger partial charge in [0.1, 0.15) is 30.7 Å². The number of aromatic nitrogens is 3. The molecule has 0 spiro atoms. The second-order valence-corrected chi connectivity index (χ2v) is 8.75. The highest BCUT2D eigenvalue weighted by Gasteiger charge is 2.22. The fraction of sp³-hybridized carbons (Fsp3) is 0.360. The first kappa shape index (κ1) is 22.6. The number of nitrogens with one attached hydrogen (secondary N) is 1. The Morgan fingerprint density at radius 3 is 2.70 bits per heavy atom. The number of hydrogen-bond donors (Lipinski definition) is 1. The van der Waals surface area contributed by atoms with Crippen LogP contribution in [0.5, 0.6) is 0 Å². The van der Waals surface area contributed by atoms with Gasteiger partial charge in [0.05, 0.1) is 30.3 Å². The summed E-state index contributed by atoms with van der Waals surface area (Å²) in [7, 11) is 5.45. The zero-order valence-electron chi connectivity index (χ0n) is 19.9. The number of imidazole rings is 1. The smallest absolute Gasteiger partial charge is 0.258 e. The number of anilines is 1. The van der Waals surface area contributed by atoms with Crippen molar-refractivity contribution in [3.8, 4) is 0 Å².